The van der Waals surface area contributed by atoms with Crippen molar-refractivity contribution in [1.29, 1.82) is 0 Å². The first-order valence-corrected chi connectivity index (χ1v) is 9.20. The van der Waals surface area contributed by atoms with Crippen LogP contribution in [-0.4, -0.2) is 33.4 Å². The van der Waals surface area contributed by atoms with E-state index in [0.717, 1.165) is 37.9 Å². The number of aryl methyl sites for hydroxylation is 1. The fourth-order valence-corrected chi connectivity index (χ4v) is 3.35. The first-order chi connectivity index (χ1) is 12.2. The molecule has 2 aromatic rings. The Morgan fingerprint density at radius 2 is 2.00 bits per heavy atom. The van der Waals surface area contributed by atoms with Crippen LogP contribution >= 0.6 is 0 Å². The Morgan fingerprint density at radius 1 is 1.20 bits per heavy atom. The number of aromatic nitrogens is 2. The van der Waals surface area contributed by atoms with Crippen LogP contribution in [0.25, 0.3) is 0 Å². The maximum Gasteiger partial charge on any atom is 0.272 e. The molecule has 5 nitrogen and oxygen atoms in total. The van der Waals surface area contributed by atoms with Gasteiger partial charge in [-0.2, -0.15) is 0 Å². The minimum atomic E-state index is 0.0123. The highest BCUT2D eigenvalue weighted by atomic mass is 16.2. The van der Waals surface area contributed by atoms with Crippen LogP contribution in [0.2, 0.25) is 0 Å². The second-order valence-electron chi connectivity index (χ2n) is 6.52. The first-order valence-electron chi connectivity index (χ1n) is 9.20. The molecule has 0 spiro atoms. The van der Waals surface area contributed by atoms with Crippen molar-refractivity contribution in [2.45, 2.75) is 52.0 Å². The van der Waals surface area contributed by atoms with Crippen molar-refractivity contribution in [3.8, 4) is 0 Å². The summed E-state index contributed by atoms with van der Waals surface area (Å²) < 4.78 is 0. The highest BCUT2D eigenvalue weighted by Gasteiger charge is 2.27. The number of benzene rings is 1. The van der Waals surface area contributed by atoms with Crippen molar-refractivity contribution >= 4 is 17.4 Å². The molecule has 0 saturated carbocycles. The van der Waals surface area contributed by atoms with Crippen LogP contribution in [0.15, 0.2) is 36.7 Å². The summed E-state index contributed by atoms with van der Waals surface area (Å²) in [5.74, 6) is 0.658. The number of carbonyl (C=O) groups is 1. The third-order valence-corrected chi connectivity index (χ3v) is 4.88. The van der Waals surface area contributed by atoms with Gasteiger partial charge in [0.2, 0.25) is 0 Å². The standard InChI is InChI=1S/C20H26N4O/c1-3-15-8-10-16(11-9-15)23-19-13-18(21-14-22-19)20(25)24-12-6-5-7-17(24)4-2/h8-11,13-14,17H,3-7,12H2,1-2H3,(H,21,22,23). The van der Waals surface area contributed by atoms with Crippen LogP contribution in [0.5, 0.6) is 0 Å². The van der Waals surface area contributed by atoms with Crippen molar-refractivity contribution < 1.29 is 4.79 Å². The number of amides is 1. The van der Waals surface area contributed by atoms with E-state index < -0.39 is 0 Å². The summed E-state index contributed by atoms with van der Waals surface area (Å²) in [5, 5.41) is 3.26. The van der Waals surface area contributed by atoms with Crippen LogP contribution in [-0.2, 0) is 6.42 Å². The van der Waals surface area contributed by atoms with Crippen LogP contribution in [0.4, 0.5) is 11.5 Å². The average Bonchev–Trinajstić information content (AvgIpc) is 2.68. The summed E-state index contributed by atoms with van der Waals surface area (Å²) in [6.45, 7) is 5.10. The third-order valence-electron chi connectivity index (χ3n) is 4.88. The number of hydrogen-bond acceptors (Lipinski definition) is 4. The number of piperidine rings is 1. The second-order valence-corrected chi connectivity index (χ2v) is 6.52. The van der Waals surface area contributed by atoms with E-state index in [1.165, 1.54) is 18.3 Å². The molecule has 5 heteroatoms. The van der Waals surface area contributed by atoms with E-state index in [4.69, 9.17) is 0 Å². The zero-order valence-electron chi connectivity index (χ0n) is 15.0. The van der Waals surface area contributed by atoms with Gasteiger partial charge in [0, 0.05) is 24.3 Å². The molecule has 1 N–H and O–H groups in total. The molecule has 1 unspecified atom stereocenters. The number of nitrogens with one attached hydrogen (secondary N) is 1. The van der Waals surface area contributed by atoms with Crippen LogP contribution in [0.1, 0.15) is 55.6 Å². The number of anilines is 2. The molecule has 1 aliphatic heterocycles. The van der Waals surface area contributed by atoms with E-state index >= 15 is 0 Å². The first kappa shape index (κ1) is 17.4. The van der Waals surface area contributed by atoms with Crippen molar-refractivity contribution in [2.24, 2.45) is 0 Å². The lowest BCUT2D eigenvalue weighted by molar-refractivity contribution is 0.0602. The van der Waals surface area contributed by atoms with Gasteiger partial charge in [-0.25, -0.2) is 9.97 Å². The largest absolute Gasteiger partial charge is 0.340 e. The van der Waals surface area contributed by atoms with Gasteiger partial charge in [-0.15, -0.1) is 0 Å². The Balaban J connectivity index is 1.74. The van der Waals surface area contributed by atoms with Gasteiger partial charge in [0.25, 0.3) is 5.91 Å². The summed E-state index contributed by atoms with van der Waals surface area (Å²) in [5.41, 5.74) is 2.71. The van der Waals surface area contributed by atoms with Gasteiger partial charge >= 0.3 is 0 Å². The number of likely N-dealkylation sites (tertiary alicyclic amines) is 1. The normalized spacial score (nSPS) is 17.4. The van der Waals surface area contributed by atoms with E-state index in [1.54, 1.807) is 6.07 Å². The topological polar surface area (TPSA) is 58.1 Å². The predicted octanol–water partition coefficient (Wildman–Crippen LogP) is 4.19. The van der Waals surface area contributed by atoms with Gasteiger partial charge in [-0.05, 0) is 49.8 Å². The molecule has 0 aliphatic carbocycles. The fourth-order valence-electron chi connectivity index (χ4n) is 3.35. The van der Waals surface area contributed by atoms with E-state index in [-0.39, 0.29) is 5.91 Å². The Labute approximate surface area is 149 Å². The SMILES string of the molecule is CCc1ccc(Nc2cc(C(=O)N3CCCCC3CC)ncn2)cc1. The monoisotopic (exact) mass is 338 g/mol. The molecule has 1 saturated heterocycles. The van der Waals surface area contributed by atoms with Gasteiger partial charge < -0.3 is 10.2 Å². The number of carbonyl (C=O) groups excluding carboxylic acids is 1. The fraction of sp³-hybridized carbons (Fsp3) is 0.450. The van der Waals surface area contributed by atoms with E-state index in [0.29, 0.717) is 17.6 Å². The van der Waals surface area contributed by atoms with Crippen molar-refractivity contribution in [1.82, 2.24) is 14.9 Å². The quantitative estimate of drug-likeness (QED) is 0.888. The Kier molecular flexibility index (Phi) is 5.64. The molecule has 1 aromatic carbocycles. The third kappa shape index (κ3) is 4.16. The molecule has 3 rings (SSSR count). The van der Waals surface area contributed by atoms with Crippen molar-refractivity contribution in [2.75, 3.05) is 11.9 Å². The maximum absolute atomic E-state index is 12.9. The lowest BCUT2D eigenvalue weighted by Crippen LogP contribution is -2.43. The lowest BCUT2D eigenvalue weighted by Gasteiger charge is -2.35. The van der Waals surface area contributed by atoms with E-state index in [1.807, 2.05) is 17.0 Å². The number of nitrogens with zero attached hydrogens (tertiary/aromatic N) is 3. The highest BCUT2D eigenvalue weighted by Crippen LogP contribution is 2.22. The molecule has 132 valence electrons. The van der Waals surface area contributed by atoms with E-state index in [9.17, 15) is 4.79 Å². The zero-order valence-corrected chi connectivity index (χ0v) is 15.0. The summed E-state index contributed by atoms with van der Waals surface area (Å²) in [6, 6.07) is 10.3. The number of rotatable bonds is 5. The summed E-state index contributed by atoms with van der Waals surface area (Å²) >= 11 is 0. The Morgan fingerprint density at radius 3 is 2.72 bits per heavy atom. The molecule has 1 amide bonds. The van der Waals surface area contributed by atoms with E-state index in [2.05, 4.69) is 41.3 Å². The second kappa shape index (κ2) is 8.10. The summed E-state index contributed by atoms with van der Waals surface area (Å²) in [4.78, 5) is 23.3. The average molecular weight is 338 g/mol. The predicted molar refractivity (Wildman–Crippen MR) is 100 cm³/mol. The molecule has 1 aliphatic rings. The molecule has 25 heavy (non-hydrogen) atoms. The molecule has 2 heterocycles. The van der Waals surface area contributed by atoms with Crippen LogP contribution < -0.4 is 5.32 Å². The van der Waals surface area contributed by atoms with Gasteiger partial charge in [0.15, 0.2) is 0 Å². The zero-order chi connectivity index (χ0) is 17.6. The molecule has 0 radical (unpaired) electrons. The maximum atomic E-state index is 12.9. The van der Waals surface area contributed by atoms with Crippen molar-refractivity contribution in [3.05, 3.63) is 47.9 Å². The van der Waals surface area contributed by atoms with Crippen molar-refractivity contribution in [3.63, 3.8) is 0 Å². The van der Waals surface area contributed by atoms with Gasteiger partial charge in [0.05, 0.1) is 0 Å². The summed E-state index contributed by atoms with van der Waals surface area (Å²) in [6.07, 6.45) is 6.82. The van der Waals surface area contributed by atoms with Gasteiger partial charge in [0.1, 0.15) is 17.8 Å². The molecule has 1 fully saturated rings. The Hall–Kier alpha value is -2.43. The smallest absolute Gasteiger partial charge is 0.272 e. The van der Waals surface area contributed by atoms with Gasteiger partial charge in [-0.3, -0.25) is 4.79 Å². The molecule has 0 bridgehead atoms. The number of hydrogen-bond donors (Lipinski definition) is 1. The van der Waals surface area contributed by atoms with Crippen LogP contribution in [0.3, 0.4) is 0 Å². The minimum absolute atomic E-state index is 0.0123. The minimum Gasteiger partial charge on any atom is -0.340 e. The van der Waals surface area contributed by atoms with Gasteiger partial charge in [-0.1, -0.05) is 26.0 Å². The molecule has 1 atom stereocenters. The van der Waals surface area contributed by atoms with Crippen LogP contribution in [0, 0.1) is 0 Å². The lowest BCUT2D eigenvalue weighted by atomic mass is 9.99. The molecular weight excluding hydrogens is 312 g/mol. The molecule has 1 aromatic heterocycles. The molecular formula is C20H26N4O. The summed E-state index contributed by atoms with van der Waals surface area (Å²) in [7, 11) is 0. The Bertz CT molecular complexity index is 714. The highest BCUT2D eigenvalue weighted by molar-refractivity contribution is 5.93.